The molecule has 20 heavy (non-hydrogen) atoms. The van der Waals surface area contributed by atoms with Crippen molar-refractivity contribution >= 4 is 11.9 Å². The van der Waals surface area contributed by atoms with Crippen molar-refractivity contribution in [3.63, 3.8) is 0 Å². The minimum atomic E-state index is -1.13. The molecule has 0 unspecified atom stereocenters. The summed E-state index contributed by atoms with van der Waals surface area (Å²) in [5, 5.41) is 34.5. The van der Waals surface area contributed by atoms with Gasteiger partial charge in [0.25, 0.3) is 0 Å². The van der Waals surface area contributed by atoms with Crippen LogP contribution in [0.5, 0.6) is 0 Å². The maximum atomic E-state index is 10.6. The Hall–Kier alpha value is -1.30. The van der Waals surface area contributed by atoms with Crippen molar-refractivity contribution in [2.75, 3.05) is 53.2 Å². The molecule has 10 nitrogen and oxygen atoms in total. The lowest BCUT2D eigenvalue weighted by Crippen LogP contribution is -2.41. The maximum absolute atomic E-state index is 10.6. The van der Waals surface area contributed by atoms with Gasteiger partial charge in [0.1, 0.15) is 27.0 Å². The highest BCUT2D eigenvalue weighted by atomic mass is 16.6. The number of nitrogens with zero attached hydrogens (tertiary/aromatic N) is 2. The number of aliphatic hydroxyl groups excluding tert-OH is 2. The fraction of sp³-hybridized carbons (Fsp3) is 0.800. The fourth-order valence-corrected chi connectivity index (χ4v) is 1.39. The van der Waals surface area contributed by atoms with Gasteiger partial charge in [0, 0.05) is 13.1 Å². The number of rotatable bonds is 13. The molecule has 0 rings (SSSR count). The minimum Gasteiger partial charge on any atom is -0.480 e. The van der Waals surface area contributed by atoms with Crippen LogP contribution in [-0.2, 0) is 19.1 Å². The van der Waals surface area contributed by atoms with E-state index in [-0.39, 0.29) is 26.6 Å². The van der Waals surface area contributed by atoms with E-state index in [0.29, 0.717) is 0 Å². The van der Waals surface area contributed by atoms with Gasteiger partial charge in [0.15, 0.2) is 0 Å². The van der Waals surface area contributed by atoms with Crippen LogP contribution in [0.4, 0.5) is 0 Å². The Morgan fingerprint density at radius 1 is 0.800 bits per heavy atom. The van der Waals surface area contributed by atoms with Gasteiger partial charge in [-0.15, -0.1) is 0 Å². The summed E-state index contributed by atoms with van der Waals surface area (Å²) in [6, 6.07) is 0. The molecule has 10 heteroatoms. The average molecular weight is 296 g/mol. The Balaban J connectivity index is 4.26. The zero-order chi connectivity index (χ0) is 15.4. The Labute approximate surface area is 115 Å². The van der Waals surface area contributed by atoms with Crippen molar-refractivity contribution in [1.29, 1.82) is 0 Å². The molecule has 0 amide bonds. The molecular weight excluding hydrogens is 276 g/mol. The van der Waals surface area contributed by atoms with E-state index >= 15 is 0 Å². The fourth-order valence-electron chi connectivity index (χ4n) is 1.39. The number of carboxylic acid groups (broad SMARTS) is 2. The summed E-state index contributed by atoms with van der Waals surface area (Å²) in [5.41, 5.74) is 0. The Morgan fingerprint density at radius 3 is 1.55 bits per heavy atom. The predicted molar refractivity (Wildman–Crippen MR) is 64.5 cm³/mol. The first-order valence-electron chi connectivity index (χ1n) is 5.75. The van der Waals surface area contributed by atoms with E-state index in [4.69, 9.17) is 29.9 Å². The molecule has 0 radical (unpaired) electrons. The third-order valence-electron chi connectivity index (χ3n) is 2.18. The molecule has 0 bridgehead atoms. The van der Waals surface area contributed by atoms with Gasteiger partial charge < -0.3 is 29.9 Å². The molecule has 0 aliphatic carbocycles. The summed E-state index contributed by atoms with van der Waals surface area (Å²) in [4.78, 5) is 24.0. The molecule has 0 aromatic heterocycles. The van der Waals surface area contributed by atoms with E-state index in [0.717, 1.165) is 0 Å². The number of carbonyl (C=O) groups is 2. The molecule has 4 N–H and O–H groups in total. The monoisotopic (exact) mass is 296 g/mol. The van der Waals surface area contributed by atoms with E-state index in [9.17, 15) is 9.59 Å². The molecule has 0 spiro atoms. The van der Waals surface area contributed by atoms with Gasteiger partial charge in [-0.25, -0.2) is 0 Å². The molecular formula is C10H20N2O8. The number of ether oxygens (including phenoxy) is 2. The van der Waals surface area contributed by atoms with Gasteiger partial charge in [-0.05, 0) is 0 Å². The van der Waals surface area contributed by atoms with Crippen molar-refractivity contribution in [3.05, 3.63) is 0 Å². The van der Waals surface area contributed by atoms with Crippen LogP contribution < -0.4 is 0 Å². The highest BCUT2D eigenvalue weighted by molar-refractivity contribution is 5.72. The van der Waals surface area contributed by atoms with Gasteiger partial charge in [-0.2, -0.15) is 0 Å². The molecule has 0 atom stereocenters. The van der Waals surface area contributed by atoms with Gasteiger partial charge in [0.2, 0.25) is 0 Å². The minimum absolute atomic E-state index is 0.00445. The highest BCUT2D eigenvalue weighted by Gasteiger charge is 2.15. The van der Waals surface area contributed by atoms with Gasteiger partial charge in [-0.3, -0.25) is 19.4 Å². The zero-order valence-electron chi connectivity index (χ0n) is 11.0. The molecule has 0 saturated heterocycles. The topological polar surface area (TPSA) is 140 Å². The number of aliphatic hydroxyl groups is 2. The molecule has 0 aliphatic rings. The molecule has 0 aromatic carbocycles. The molecule has 0 fully saturated rings. The summed E-state index contributed by atoms with van der Waals surface area (Å²) in [6.45, 7) is -1.38. The molecule has 0 saturated carbocycles. The molecule has 0 aromatic rings. The van der Waals surface area contributed by atoms with Crippen LogP contribution in [-0.4, -0.2) is 95.4 Å². The van der Waals surface area contributed by atoms with Crippen molar-refractivity contribution < 1.29 is 39.5 Å². The summed E-state index contributed by atoms with van der Waals surface area (Å²) in [6.07, 6.45) is 0. The van der Waals surface area contributed by atoms with Crippen LogP contribution in [0.3, 0.4) is 0 Å². The van der Waals surface area contributed by atoms with E-state index in [1.54, 1.807) is 0 Å². The third-order valence-corrected chi connectivity index (χ3v) is 2.18. The zero-order valence-corrected chi connectivity index (χ0v) is 11.0. The second-order valence-corrected chi connectivity index (χ2v) is 3.82. The van der Waals surface area contributed by atoms with E-state index in [1.807, 2.05) is 0 Å². The molecule has 0 aliphatic heterocycles. The number of carboxylic acids is 2. The van der Waals surface area contributed by atoms with Crippen LogP contribution in [0, 0.1) is 0 Å². The normalized spacial score (nSPS) is 11.2. The first-order chi connectivity index (χ1) is 9.49. The van der Waals surface area contributed by atoms with Crippen LogP contribution in [0.15, 0.2) is 0 Å². The lowest BCUT2D eigenvalue weighted by Gasteiger charge is -2.25. The lowest BCUT2D eigenvalue weighted by atomic mass is 10.4. The first kappa shape index (κ1) is 18.7. The quantitative estimate of drug-likeness (QED) is 0.272. The predicted octanol–water partition coefficient (Wildman–Crippen LogP) is -2.39. The van der Waals surface area contributed by atoms with Crippen LogP contribution in [0.2, 0.25) is 0 Å². The van der Waals surface area contributed by atoms with Crippen molar-refractivity contribution in [3.8, 4) is 0 Å². The second-order valence-electron chi connectivity index (χ2n) is 3.82. The van der Waals surface area contributed by atoms with E-state index in [2.05, 4.69) is 0 Å². The number of hydrogen-bond donors (Lipinski definition) is 4. The maximum Gasteiger partial charge on any atom is 0.317 e. The Kier molecular flexibility index (Phi) is 10.8. The van der Waals surface area contributed by atoms with Gasteiger partial charge in [-0.1, -0.05) is 0 Å². The lowest BCUT2D eigenvalue weighted by molar-refractivity contribution is -0.142. The largest absolute Gasteiger partial charge is 0.480 e. The molecule has 118 valence electrons. The van der Waals surface area contributed by atoms with Crippen molar-refractivity contribution in [2.24, 2.45) is 0 Å². The van der Waals surface area contributed by atoms with E-state index < -0.39 is 38.6 Å². The first-order valence-corrected chi connectivity index (χ1v) is 5.75. The van der Waals surface area contributed by atoms with Gasteiger partial charge >= 0.3 is 11.9 Å². The SMILES string of the molecule is O=C(O)CN(CCN(COCO)COCO)CC(=O)O. The van der Waals surface area contributed by atoms with Crippen molar-refractivity contribution in [1.82, 2.24) is 9.80 Å². The summed E-state index contributed by atoms with van der Waals surface area (Å²) in [5.74, 6) is -2.26. The standard InChI is InChI=1S/C10H20N2O8/c13-7-19-5-12(6-20-8-14)2-1-11(3-9(15)16)4-10(17)18/h13-14H,1-8H2,(H,15,16)(H,17,18). The Bertz CT molecular complexity index is 264. The van der Waals surface area contributed by atoms with Crippen LogP contribution >= 0.6 is 0 Å². The summed E-state index contributed by atoms with van der Waals surface area (Å²) in [7, 11) is 0. The van der Waals surface area contributed by atoms with Crippen LogP contribution in [0.25, 0.3) is 0 Å². The van der Waals surface area contributed by atoms with Crippen molar-refractivity contribution in [2.45, 2.75) is 0 Å². The van der Waals surface area contributed by atoms with E-state index in [1.165, 1.54) is 9.80 Å². The third kappa shape index (κ3) is 10.6. The summed E-state index contributed by atoms with van der Waals surface area (Å²) >= 11 is 0. The van der Waals surface area contributed by atoms with Crippen LogP contribution in [0.1, 0.15) is 0 Å². The average Bonchev–Trinajstić information content (AvgIpc) is 2.36. The molecule has 0 heterocycles. The Morgan fingerprint density at radius 2 is 1.20 bits per heavy atom. The summed E-state index contributed by atoms with van der Waals surface area (Å²) < 4.78 is 9.51. The highest BCUT2D eigenvalue weighted by Crippen LogP contribution is 1.95. The van der Waals surface area contributed by atoms with Gasteiger partial charge in [0.05, 0.1) is 13.1 Å². The smallest absolute Gasteiger partial charge is 0.317 e. The number of hydrogen-bond acceptors (Lipinski definition) is 8. The number of aliphatic carboxylic acids is 2. The second kappa shape index (κ2) is 11.5.